The molecule has 0 bridgehead atoms. The van der Waals surface area contributed by atoms with Crippen LogP contribution >= 0.6 is 15.9 Å². The molecule has 1 heterocycles. The largest absolute Gasteiger partial charge is 0.361 e. The number of Topliss-reactive ketones (excluding diaryl/α,β-unsaturated/α-hetero) is 1. The van der Waals surface area contributed by atoms with Crippen LogP contribution in [0.15, 0.2) is 10.8 Å². The monoisotopic (exact) mass is 431 g/mol. The molecule has 1 rings (SSSR count). The van der Waals surface area contributed by atoms with Crippen molar-refractivity contribution in [3.05, 3.63) is 16.6 Å². The smallest absolute Gasteiger partial charge is 0.132 e. The summed E-state index contributed by atoms with van der Waals surface area (Å²) in [5.74, 6) is 1.21. The minimum absolute atomic E-state index is 0.103. The van der Waals surface area contributed by atoms with E-state index in [1.165, 1.54) is 0 Å². The molecule has 144 valence electrons. The van der Waals surface area contributed by atoms with E-state index in [2.05, 4.69) is 40.6 Å². The molecule has 5 nitrogen and oxygen atoms in total. The van der Waals surface area contributed by atoms with E-state index in [1.807, 2.05) is 11.5 Å². The van der Waals surface area contributed by atoms with Crippen molar-refractivity contribution in [1.82, 2.24) is 9.55 Å². The van der Waals surface area contributed by atoms with Gasteiger partial charge >= 0.3 is 0 Å². The summed E-state index contributed by atoms with van der Waals surface area (Å²) >= 11 is 3.53. The molecule has 0 aliphatic heterocycles. The summed E-state index contributed by atoms with van der Waals surface area (Å²) in [4.78, 5) is 15.8. The molecule has 0 amide bonds. The maximum atomic E-state index is 11.3. The van der Waals surface area contributed by atoms with Gasteiger partial charge < -0.3 is 10.5 Å². The highest BCUT2D eigenvalue weighted by molar-refractivity contribution is 9.10. The lowest BCUT2D eigenvalue weighted by Crippen LogP contribution is -2.23. The van der Waals surface area contributed by atoms with Gasteiger partial charge in [0.15, 0.2) is 0 Å². The van der Waals surface area contributed by atoms with Crippen molar-refractivity contribution in [2.75, 3.05) is 6.61 Å². The van der Waals surface area contributed by atoms with Crippen molar-refractivity contribution in [2.45, 2.75) is 83.9 Å². The van der Waals surface area contributed by atoms with Crippen LogP contribution in [0.2, 0.25) is 25.7 Å². The number of ketones is 1. The first kappa shape index (κ1) is 22.5. The highest BCUT2D eigenvalue weighted by Gasteiger charge is 2.16. The Labute approximate surface area is 161 Å². The summed E-state index contributed by atoms with van der Waals surface area (Å²) in [6.07, 6.45) is 7.00. The third-order valence-corrected chi connectivity index (χ3v) is 6.59. The van der Waals surface area contributed by atoms with Crippen molar-refractivity contribution in [1.29, 1.82) is 0 Å². The zero-order chi connectivity index (χ0) is 18.9. The van der Waals surface area contributed by atoms with Gasteiger partial charge in [0.25, 0.3) is 0 Å². The molecular formula is C18H34BrN3O2Si. The van der Waals surface area contributed by atoms with Crippen LogP contribution in [0.3, 0.4) is 0 Å². The Morgan fingerprint density at radius 2 is 2.08 bits per heavy atom. The first-order chi connectivity index (χ1) is 11.7. The van der Waals surface area contributed by atoms with E-state index in [0.29, 0.717) is 25.4 Å². The number of rotatable bonds is 13. The number of ether oxygens (including phenoxy) is 1. The Balaban J connectivity index is 2.40. The molecule has 1 aromatic rings. The molecule has 1 aromatic heterocycles. The van der Waals surface area contributed by atoms with Crippen molar-refractivity contribution < 1.29 is 9.53 Å². The fourth-order valence-corrected chi connectivity index (χ4v) is 3.64. The third-order valence-electron chi connectivity index (χ3n) is 4.25. The van der Waals surface area contributed by atoms with Crippen molar-refractivity contribution in [3.8, 4) is 0 Å². The zero-order valence-corrected chi connectivity index (χ0v) is 18.8. The van der Waals surface area contributed by atoms with E-state index in [0.717, 1.165) is 48.8 Å². The number of aromatic nitrogens is 2. The number of imidazole rings is 1. The van der Waals surface area contributed by atoms with Crippen molar-refractivity contribution in [3.63, 3.8) is 0 Å². The number of hydrogen-bond donors (Lipinski definition) is 1. The molecule has 0 radical (unpaired) electrons. The Bertz CT molecular complexity index is 529. The molecule has 2 N–H and O–H groups in total. The van der Waals surface area contributed by atoms with E-state index < -0.39 is 8.07 Å². The fourth-order valence-electron chi connectivity index (χ4n) is 2.50. The molecule has 0 fully saturated rings. The van der Waals surface area contributed by atoms with Gasteiger partial charge in [-0.2, -0.15) is 0 Å². The van der Waals surface area contributed by atoms with Crippen LogP contribution in [-0.4, -0.2) is 30.0 Å². The average Bonchev–Trinajstić information content (AvgIpc) is 2.91. The molecule has 0 aliphatic carbocycles. The van der Waals surface area contributed by atoms with Crippen molar-refractivity contribution >= 4 is 29.8 Å². The SMILES string of the molecule is CCC(=O)CCCCC[C@H](N)c1ncc(Br)n1COCC[Si](C)(C)C. The van der Waals surface area contributed by atoms with Gasteiger partial charge in [0.05, 0.1) is 12.2 Å². The Morgan fingerprint density at radius 1 is 1.36 bits per heavy atom. The Morgan fingerprint density at radius 3 is 2.72 bits per heavy atom. The number of nitrogens with two attached hydrogens (primary N) is 1. The topological polar surface area (TPSA) is 70.1 Å². The lowest BCUT2D eigenvalue weighted by Gasteiger charge is -2.18. The van der Waals surface area contributed by atoms with Crippen molar-refractivity contribution in [2.24, 2.45) is 5.73 Å². The van der Waals surface area contributed by atoms with Crippen LogP contribution in [-0.2, 0) is 16.3 Å². The van der Waals surface area contributed by atoms with E-state index in [9.17, 15) is 4.79 Å². The number of nitrogens with zero attached hydrogens (tertiary/aromatic N) is 2. The Kier molecular flexibility index (Phi) is 10.2. The number of halogens is 1. The van der Waals surface area contributed by atoms with E-state index in [1.54, 1.807) is 6.20 Å². The van der Waals surface area contributed by atoms with Gasteiger partial charge in [-0.15, -0.1) is 0 Å². The van der Waals surface area contributed by atoms with Crippen LogP contribution in [0, 0.1) is 0 Å². The molecule has 1 atom stereocenters. The molecule has 0 saturated heterocycles. The molecule has 0 aromatic carbocycles. The highest BCUT2D eigenvalue weighted by Crippen LogP contribution is 2.21. The highest BCUT2D eigenvalue weighted by atomic mass is 79.9. The predicted molar refractivity (Wildman–Crippen MR) is 109 cm³/mol. The molecule has 0 saturated carbocycles. The van der Waals surface area contributed by atoms with Crippen LogP contribution in [0.5, 0.6) is 0 Å². The van der Waals surface area contributed by atoms with Gasteiger partial charge in [-0.25, -0.2) is 4.98 Å². The second-order valence-corrected chi connectivity index (χ2v) is 14.2. The molecule has 25 heavy (non-hydrogen) atoms. The van der Waals surface area contributed by atoms with Crippen LogP contribution in [0.1, 0.15) is 57.3 Å². The predicted octanol–water partition coefficient (Wildman–Crippen LogP) is 4.89. The summed E-state index contributed by atoms with van der Waals surface area (Å²) in [5, 5.41) is 0. The molecule has 0 unspecified atom stereocenters. The normalized spacial score (nSPS) is 13.2. The van der Waals surface area contributed by atoms with Gasteiger partial charge in [0.1, 0.15) is 22.9 Å². The van der Waals surface area contributed by atoms with E-state index in [-0.39, 0.29) is 6.04 Å². The molecular weight excluding hydrogens is 398 g/mol. The summed E-state index contributed by atoms with van der Waals surface area (Å²) < 4.78 is 8.75. The van der Waals surface area contributed by atoms with Gasteiger partial charge in [-0.1, -0.05) is 39.4 Å². The zero-order valence-electron chi connectivity index (χ0n) is 16.2. The number of unbranched alkanes of at least 4 members (excludes halogenated alkanes) is 2. The maximum Gasteiger partial charge on any atom is 0.132 e. The van der Waals surface area contributed by atoms with Gasteiger partial charge in [0, 0.05) is 27.5 Å². The van der Waals surface area contributed by atoms with Gasteiger partial charge in [0.2, 0.25) is 0 Å². The molecule has 0 aliphatic rings. The Hall–Kier alpha value is -0.503. The summed E-state index contributed by atoms with van der Waals surface area (Å²) in [5.41, 5.74) is 6.33. The minimum atomic E-state index is -1.08. The van der Waals surface area contributed by atoms with Gasteiger partial charge in [-0.3, -0.25) is 9.36 Å². The fraction of sp³-hybridized carbons (Fsp3) is 0.778. The second-order valence-electron chi connectivity index (χ2n) is 7.81. The summed E-state index contributed by atoms with van der Waals surface area (Å²) in [7, 11) is -1.08. The van der Waals surface area contributed by atoms with Crippen LogP contribution in [0.25, 0.3) is 0 Å². The number of carbonyl (C=O) groups is 1. The van der Waals surface area contributed by atoms with Crippen LogP contribution in [0.4, 0.5) is 0 Å². The molecule has 0 spiro atoms. The molecule has 7 heteroatoms. The van der Waals surface area contributed by atoms with Gasteiger partial charge in [-0.05, 0) is 34.8 Å². The maximum absolute atomic E-state index is 11.3. The summed E-state index contributed by atoms with van der Waals surface area (Å²) in [6.45, 7) is 10.2. The second kappa shape index (κ2) is 11.3. The standard InChI is InChI=1S/C18H34BrN3O2Si/c1-5-15(23)9-7-6-8-10-16(20)18-21-13-17(19)22(18)14-24-11-12-25(2,3)4/h13,16H,5-12,14,20H2,1-4H3/t16-/m0/s1. The minimum Gasteiger partial charge on any atom is -0.361 e. The third kappa shape index (κ3) is 9.12. The van der Waals surface area contributed by atoms with E-state index >= 15 is 0 Å². The lowest BCUT2D eigenvalue weighted by molar-refractivity contribution is -0.118. The lowest BCUT2D eigenvalue weighted by atomic mass is 10.1. The number of carbonyl (C=O) groups excluding carboxylic acids is 1. The average molecular weight is 432 g/mol. The first-order valence-corrected chi connectivity index (χ1v) is 13.8. The first-order valence-electron chi connectivity index (χ1n) is 9.30. The van der Waals surface area contributed by atoms with Crippen LogP contribution < -0.4 is 5.73 Å². The number of hydrogen-bond acceptors (Lipinski definition) is 4. The van der Waals surface area contributed by atoms with E-state index in [4.69, 9.17) is 10.5 Å². The summed E-state index contributed by atoms with van der Waals surface area (Å²) in [6, 6.07) is 1.05. The quantitative estimate of drug-likeness (QED) is 0.356.